The molecule has 0 atom stereocenters. The highest BCUT2D eigenvalue weighted by Crippen LogP contribution is 2.23. The van der Waals surface area contributed by atoms with Gasteiger partial charge in [0.1, 0.15) is 4.92 Å². The maximum Gasteiger partial charge on any atom is 0.433 e. The molecule has 0 aliphatic heterocycles. The van der Waals surface area contributed by atoms with Crippen LogP contribution in [0.15, 0.2) is 74.7 Å². The number of pyridine rings is 1. The van der Waals surface area contributed by atoms with Gasteiger partial charge >= 0.3 is 5.88 Å². The van der Waals surface area contributed by atoms with E-state index in [1.165, 1.54) is 40.8 Å². The smallest absolute Gasteiger partial charge is 0.400 e. The number of furan rings is 1. The molecular weight excluding hydrogens is 402 g/mol. The van der Waals surface area contributed by atoms with Crippen LogP contribution >= 0.6 is 11.3 Å². The lowest BCUT2D eigenvalue weighted by atomic mass is 10.1. The number of aromatic nitrogens is 2. The molecule has 4 aromatic rings. The highest BCUT2D eigenvalue weighted by atomic mass is 32.1. The average Bonchev–Trinajstić information content (AvgIpc) is 3.37. The fraction of sp³-hybridized carbons (Fsp3) is 0.0952. The van der Waals surface area contributed by atoms with Crippen LogP contribution in [0.1, 0.15) is 16.9 Å². The van der Waals surface area contributed by atoms with Crippen LogP contribution in [-0.2, 0) is 0 Å². The maximum absolute atomic E-state index is 10.8. The zero-order valence-electron chi connectivity index (χ0n) is 16.2. The molecule has 4 rings (SSSR count). The summed E-state index contributed by atoms with van der Waals surface area (Å²) in [7, 11) is 0. The minimum Gasteiger partial charge on any atom is -0.400 e. The van der Waals surface area contributed by atoms with Crippen molar-refractivity contribution in [1.29, 1.82) is 0 Å². The molecule has 3 heterocycles. The molecule has 9 heteroatoms. The Bertz CT molecular complexity index is 1300. The van der Waals surface area contributed by atoms with Crippen molar-refractivity contribution in [3.05, 3.63) is 92.0 Å². The Hall–Kier alpha value is -3.85. The van der Waals surface area contributed by atoms with Crippen LogP contribution in [0.4, 0.5) is 11.6 Å². The number of nitrogens with zero attached hydrogens (tertiary/aromatic N) is 5. The normalized spacial score (nSPS) is 12.0. The van der Waals surface area contributed by atoms with Crippen molar-refractivity contribution in [2.45, 2.75) is 13.8 Å². The molecule has 0 aliphatic rings. The summed E-state index contributed by atoms with van der Waals surface area (Å²) >= 11 is 1.44. The van der Waals surface area contributed by atoms with Crippen molar-refractivity contribution < 1.29 is 9.34 Å². The second kappa shape index (κ2) is 8.26. The summed E-state index contributed by atoms with van der Waals surface area (Å²) in [5.41, 5.74) is 4.91. The lowest BCUT2D eigenvalue weighted by molar-refractivity contribution is -0.402. The molecule has 0 saturated carbocycles. The van der Waals surface area contributed by atoms with E-state index in [1.54, 1.807) is 17.1 Å². The first-order valence-electron chi connectivity index (χ1n) is 9.03. The van der Waals surface area contributed by atoms with E-state index < -0.39 is 4.92 Å². The predicted molar refractivity (Wildman–Crippen MR) is 115 cm³/mol. The minimum absolute atomic E-state index is 0.277. The quantitative estimate of drug-likeness (QED) is 0.262. The van der Waals surface area contributed by atoms with E-state index in [9.17, 15) is 10.1 Å². The number of aryl methyl sites for hydroxylation is 2. The van der Waals surface area contributed by atoms with Gasteiger partial charge in [-0.1, -0.05) is 12.1 Å². The van der Waals surface area contributed by atoms with Crippen LogP contribution in [0.3, 0.4) is 0 Å². The Morgan fingerprint density at radius 1 is 1.20 bits per heavy atom. The van der Waals surface area contributed by atoms with E-state index in [-0.39, 0.29) is 11.6 Å². The van der Waals surface area contributed by atoms with Gasteiger partial charge in [0.05, 0.1) is 29.9 Å². The molecule has 0 N–H and O–H groups in total. The topological polar surface area (TPSA) is 98.8 Å². The van der Waals surface area contributed by atoms with Gasteiger partial charge in [0.15, 0.2) is 5.76 Å². The van der Waals surface area contributed by atoms with Gasteiger partial charge in [-0.05, 0) is 49.2 Å². The fourth-order valence-electron chi connectivity index (χ4n) is 2.74. The van der Waals surface area contributed by atoms with E-state index in [2.05, 4.69) is 41.1 Å². The molecule has 0 saturated heterocycles. The van der Waals surface area contributed by atoms with Crippen molar-refractivity contribution >= 4 is 29.1 Å². The summed E-state index contributed by atoms with van der Waals surface area (Å²) in [6.45, 7) is 4.12. The summed E-state index contributed by atoms with van der Waals surface area (Å²) in [5, 5.41) is 17.3. The van der Waals surface area contributed by atoms with E-state index in [4.69, 9.17) is 4.42 Å². The Morgan fingerprint density at radius 2 is 2.07 bits per heavy atom. The number of hydrogen-bond donors (Lipinski definition) is 0. The highest BCUT2D eigenvalue weighted by Gasteiger charge is 2.12. The van der Waals surface area contributed by atoms with Crippen LogP contribution in [0.25, 0.3) is 11.3 Å². The van der Waals surface area contributed by atoms with Crippen LogP contribution in [0.2, 0.25) is 0 Å². The van der Waals surface area contributed by atoms with Crippen molar-refractivity contribution in [3.8, 4) is 11.3 Å². The largest absolute Gasteiger partial charge is 0.433 e. The van der Waals surface area contributed by atoms with Crippen molar-refractivity contribution in [2.75, 3.05) is 0 Å². The van der Waals surface area contributed by atoms with Crippen LogP contribution < -0.4 is 4.80 Å². The van der Waals surface area contributed by atoms with Crippen molar-refractivity contribution in [3.63, 3.8) is 0 Å². The lowest BCUT2D eigenvalue weighted by Gasteiger charge is -2.06. The Kier molecular flexibility index (Phi) is 5.36. The molecule has 30 heavy (non-hydrogen) atoms. The first-order chi connectivity index (χ1) is 14.5. The summed E-state index contributed by atoms with van der Waals surface area (Å²) in [4.78, 5) is 19.6. The van der Waals surface area contributed by atoms with Gasteiger partial charge in [0.25, 0.3) is 0 Å². The number of hydrogen-bond acceptors (Lipinski definition) is 7. The van der Waals surface area contributed by atoms with Gasteiger partial charge in [0, 0.05) is 17.1 Å². The molecule has 0 unspecified atom stereocenters. The van der Waals surface area contributed by atoms with Gasteiger partial charge < -0.3 is 4.42 Å². The molecule has 0 spiro atoms. The molecule has 0 aliphatic carbocycles. The molecule has 3 aromatic heterocycles. The zero-order valence-corrected chi connectivity index (χ0v) is 17.0. The van der Waals surface area contributed by atoms with Crippen LogP contribution in [-0.4, -0.2) is 20.8 Å². The fourth-order valence-corrected chi connectivity index (χ4v) is 3.60. The van der Waals surface area contributed by atoms with Crippen LogP contribution in [0, 0.1) is 24.0 Å². The maximum atomic E-state index is 10.8. The molecule has 0 fully saturated rings. The van der Waals surface area contributed by atoms with E-state index in [0.717, 1.165) is 11.3 Å². The Labute approximate surface area is 175 Å². The predicted octanol–water partition coefficient (Wildman–Crippen LogP) is 4.84. The third-order valence-corrected chi connectivity index (χ3v) is 5.27. The first kappa shape index (κ1) is 19.5. The standard InChI is InChI=1S/C21H17N5O3S/c1-14-5-6-16(10-15(14)2)19-13-30-21(24-17-4-3-9-22-11-17)25(19)23-12-18-7-8-20(29-18)26(27)28/h3-13H,1-2H3. The molecule has 0 bridgehead atoms. The lowest BCUT2D eigenvalue weighted by Crippen LogP contribution is -2.11. The van der Waals surface area contributed by atoms with Gasteiger partial charge in [-0.2, -0.15) is 5.10 Å². The third-order valence-electron chi connectivity index (χ3n) is 4.45. The number of rotatable bonds is 5. The zero-order chi connectivity index (χ0) is 21.1. The average molecular weight is 419 g/mol. The summed E-state index contributed by atoms with van der Waals surface area (Å²) in [6, 6.07) is 12.6. The molecule has 8 nitrogen and oxygen atoms in total. The van der Waals surface area contributed by atoms with Gasteiger partial charge in [0.2, 0.25) is 4.80 Å². The van der Waals surface area contributed by atoms with Gasteiger partial charge in [-0.3, -0.25) is 15.1 Å². The SMILES string of the molecule is Cc1ccc(-c2csc(=Nc3cccnc3)n2N=Cc2ccc([N+](=O)[O-])o2)cc1C. The Morgan fingerprint density at radius 3 is 2.77 bits per heavy atom. The number of benzene rings is 1. The van der Waals surface area contributed by atoms with Crippen molar-refractivity contribution in [2.24, 2.45) is 10.1 Å². The Balaban J connectivity index is 1.82. The summed E-state index contributed by atoms with van der Waals surface area (Å²) in [5.74, 6) is -0.0554. The summed E-state index contributed by atoms with van der Waals surface area (Å²) < 4.78 is 6.87. The molecule has 0 amide bonds. The highest BCUT2D eigenvalue weighted by molar-refractivity contribution is 7.07. The molecule has 150 valence electrons. The molecular formula is C21H17N5O3S. The molecule has 0 radical (unpaired) electrons. The van der Waals surface area contributed by atoms with Gasteiger partial charge in [-0.15, -0.1) is 11.3 Å². The minimum atomic E-state index is -0.585. The monoisotopic (exact) mass is 419 g/mol. The molecule has 1 aromatic carbocycles. The van der Waals surface area contributed by atoms with E-state index in [0.29, 0.717) is 10.5 Å². The first-order valence-corrected chi connectivity index (χ1v) is 9.91. The third kappa shape index (κ3) is 4.11. The van der Waals surface area contributed by atoms with E-state index in [1.807, 2.05) is 23.6 Å². The second-order valence-electron chi connectivity index (χ2n) is 6.52. The van der Waals surface area contributed by atoms with E-state index >= 15 is 0 Å². The summed E-state index contributed by atoms with van der Waals surface area (Å²) in [6.07, 6.45) is 4.79. The number of thiazole rings is 1. The van der Waals surface area contributed by atoms with Crippen LogP contribution in [0.5, 0.6) is 0 Å². The second-order valence-corrected chi connectivity index (χ2v) is 7.35. The number of nitro groups is 1. The van der Waals surface area contributed by atoms with Crippen molar-refractivity contribution in [1.82, 2.24) is 9.66 Å². The van der Waals surface area contributed by atoms with Gasteiger partial charge in [-0.25, -0.2) is 9.67 Å².